The van der Waals surface area contributed by atoms with Gasteiger partial charge >= 0.3 is 0 Å². The molecule has 0 saturated heterocycles. The monoisotopic (exact) mass is 287 g/mol. The molecular formula is C13H18ClNO2S. The number of carbonyl (C=O) groups excluding carboxylic acids is 1. The highest BCUT2D eigenvalue weighted by Gasteiger charge is 2.19. The number of hydrogen-bond acceptors (Lipinski definition) is 3. The lowest BCUT2D eigenvalue weighted by Gasteiger charge is -2.22. The second-order valence-electron chi connectivity index (χ2n) is 4.28. The third kappa shape index (κ3) is 4.88. The number of rotatable bonds is 5. The Morgan fingerprint density at radius 1 is 1.39 bits per heavy atom. The third-order valence-corrected chi connectivity index (χ3v) is 3.74. The Labute approximate surface area is 117 Å². The molecule has 0 saturated carbocycles. The molecule has 0 spiro atoms. The molecule has 0 aliphatic heterocycles. The topological polar surface area (TPSA) is 40.5 Å². The minimum Gasteiger partial charge on any atom is -0.392 e. The van der Waals surface area contributed by atoms with E-state index in [9.17, 15) is 9.90 Å². The number of thioether (sulfide) groups is 1. The number of likely N-dealkylation sites (N-methyl/N-ethyl adjacent to an activating group) is 1. The van der Waals surface area contributed by atoms with Gasteiger partial charge in [-0.1, -0.05) is 11.6 Å². The van der Waals surface area contributed by atoms with E-state index in [0.717, 1.165) is 4.90 Å². The summed E-state index contributed by atoms with van der Waals surface area (Å²) in [6.07, 6.45) is -0.508. The van der Waals surface area contributed by atoms with Gasteiger partial charge in [-0.05, 0) is 38.1 Å². The van der Waals surface area contributed by atoms with Gasteiger partial charge in [0, 0.05) is 23.5 Å². The van der Waals surface area contributed by atoms with Crippen LogP contribution < -0.4 is 0 Å². The first-order chi connectivity index (χ1) is 8.40. The van der Waals surface area contributed by atoms with Gasteiger partial charge in [0.05, 0.1) is 11.4 Å². The van der Waals surface area contributed by atoms with Crippen molar-refractivity contribution in [1.29, 1.82) is 0 Å². The van der Waals surface area contributed by atoms with Gasteiger partial charge in [-0.25, -0.2) is 0 Å². The molecule has 2 atom stereocenters. The van der Waals surface area contributed by atoms with Crippen molar-refractivity contribution >= 4 is 29.3 Å². The summed E-state index contributed by atoms with van der Waals surface area (Å²) in [6.45, 7) is 3.88. The first-order valence-corrected chi connectivity index (χ1v) is 7.01. The second kappa shape index (κ2) is 7.02. The lowest BCUT2D eigenvalue weighted by molar-refractivity contribution is -0.130. The van der Waals surface area contributed by atoms with E-state index < -0.39 is 6.10 Å². The summed E-state index contributed by atoms with van der Waals surface area (Å²) in [5, 5.41) is 9.76. The van der Waals surface area contributed by atoms with Crippen LogP contribution in [0, 0.1) is 0 Å². The van der Waals surface area contributed by atoms with Crippen LogP contribution in [0.5, 0.6) is 0 Å². The normalized spacial score (nSPS) is 14.1. The first-order valence-electron chi connectivity index (χ1n) is 5.75. The van der Waals surface area contributed by atoms with Crippen LogP contribution in [0.3, 0.4) is 0 Å². The van der Waals surface area contributed by atoms with Gasteiger partial charge in [-0.3, -0.25) is 4.79 Å². The molecule has 0 heterocycles. The Balaban J connectivity index is 2.56. The average molecular weight is 288 g/mol. The summed E-state index contributed by atoms with van der Waals surface area (Å²) >= 11 is 7.29. The van der Waals surface area contributed by atoms with Crippen LogP contribution in [0.1, 0.15) is 13.8 Å². The molecule has 1 rings (SSSR count). The molecule has 18 heavy (non-hydrogen) atoms. The summed E-state index contributed by atoms with van der Waals surface area (Å²) in [5.74, 6) is 0.0100. The molecular weight excluding hydrogens is 270 g/mol. The zero-order valence-corrected chi connectivity index (χ0v) is 12.3. The van der Waals surface area contributed by atoms with Crippen molar-refractivity contribution < 1.29 is 9.90 Å². The lowest BCUT2D eigenvalue weighted by Crippen LogP contribution is -2.37. The minimum absolute atomic E-state index is 0.0100. The summed E-state index contributed by atoms with van der Waals surface area (Å²) in [4.78, 5) is 14.6. The van der Waals surface area contributed by atoms with E-state index in [1.807, 2.05) is 19.1 Å². The molecule has 2 unspecified atom stereocenters. The molecule has 5 heteroatoms. The number of hydrogen-bond donors (Lipinski definition) is 1. The Bertz CT molecular complexity index is 394. The molecule has 1 aromatic rings. The first kappa shape index (κ1) is 15.3. The van der Waals surface area contributed by atoms with E-state index >= 15 is 0 Å². The summed E-state index contributed by atoms with van der Waals surface area (Å²) in [7, 11) is 1.70. The van der Waals surface area contributed by atoms with Crippen molar-refractivity contribution in [3.8, 4) is 0 Å². The molecule has 1 amide bonds. The van der Waals surface area contributed by atoms with Crippen molar-refractivity contribution in [2.75, 3.05) is 13.6 Å². The lowest BCUT2D eigenvalue weighted by atomic mass is 10.3. The fourth-order valence-corrected chi connectivity index (χ4v) is 2.67. The summed E-state index contributed by atoms with van der Waals surface area (Å²) < 4.78 is 0. The zero-order valence-electron chi connectivity index (χ0n) is 10.8. The van der Waals surface area contributed by atoms with Crippen LogP contribution in [0.15, 0.2) is 29.2 Å². The predicted octanol–water partition coefficient (Wildman–Crippen LogP) is 2.66. The van der Waals surface area contributed by atoms with Crippen LogP contribution in [-0.2, 0) is 4.79 Å². The molecule has 0 aliphatic rings. The molecule has 1 N–H and O–H groups in total. The summed E-state index contributed by atoms with van der Waals surface area (Å²) in [5.41, 5.74) is 0. The maximum Gasteiger partial charge on any atom is 0.235 e. The number of amides is 1. The van der Waals surface area contributed by atoms with Gasteiger partial charge in [0.2, 0.25) is 5.91 Å². The predicted molar refractivity (Wildman–Crippen MR) is 76.1 cm³/mol. The van der Waals surface area contributed by atoms with Crippen molar-refractivity contribution in [2.24, 2.45) is 0 Å². The van der Waals surface area contributed by atoms with E-state index in [-0.39, 0.29) is 11.2 Å². The van der Waals surface area contributed by atoms with Gasteiger partial charge in [0.25, 0.3) is 0 Å². The minimum atomic E-state index is -0.508. The van der Waals surface area contributed by atoms with Crippen LogP contribution >= 0.6 is 23.4 Å². The Hall–Kier alpha value is -0.710. The van der Waals surface area contributed by atoms with Gasteiger partial charge in [-0.2, -0.15) is 0 Å². The molecule has 0 radical (unpaired) electrons. The molecule has 0 aliphatic carbocycles. The smallest absolute Gasteiger partial charge is 0.235 e. The SMILES string of the molecule is CC(O)CN(C)C(=O)C(C)Sc1ccc(Cl)cc1. The van der Waals surface area contributed by atoms with Crippen molar-refractivity contribution in [3.05, 3.63) is 29.3 Å². The average Bonchev–Trinajstić information content (AvgIpc) is 2.30. The fraction of sp³-hybridized carbons (Fsp3) is 0.462. The van der Waals surface area contributed by atoms with Crippen molar-refractivity contribution in [1.82, 2.24) is 4.90 Å². The highest BCUT2D eigenvalue weighted by molar-refractivity contribution is 8.00. The third-order valence-electron chi connectivity index (χ3n) is 2.39. The van der Waals surface area contributed by atoms with Gasteiger partial charge < -0.3 is 10.0 Å². The Kier molecular flexibility index (Phi) is 5.99. The van der Waals surface area contributed by atoms with E-state index in [4.69, 9.17) is 11.6 Å². The maximum absolute atomic E-state index is 12.0. The molecule has 1 aromatic carbocycles. The van der Waals surface area contributed by atoms with E-state index in [2.05, 4.69) is 0 Å². The van der Waals surface area contributed by atoms with Gasteiger partial charge in [0.1, 0.15) is 0 Å². The van der Waals surface area contributed by atoms with Crippen molar-refractivity contribution in [3.63, 3.8) is 0 Å². The van der Waals surface area contributed by atoms with E-state index in [1.165, 1.54) is 11.8 Å². The van der Waals surface area contributed by atoms with Crippen LogP contribution in [0.4, 0.5) is 0 Å². The zero-order chi connectivity index (χ0) is 13.7. The van der Waals surface area contributed by atoms with E-state index in [0.29, 0.717) is 11.6 Å². The fourth-order valence-electron chi connectivity index (χ4n) is 1.56. The molecule has 100 valence electrons. The highest BCUT2D eigenvalue weighted by Crippen LogP contribution is 2.25. The van der Waals surface area contributed by atoms with Crippen LogP contribution in [0.2, 0.25) is 5.02 Å². The van der Waals surface area contributed by atoms with Gasteiger partial charge in [-0.15, -0.1) is 11.8 Å². The standard InChI is InChI=1S/C13H18ClNO2S/c1-9(16)8-15(3)13(17)10(2)18-12-6-4-11(14)5-7-12/h4-7,9-10,16H,8H2,1-3H3. The Morgan fingerprint density at radius 3 is 2.44 bits per heavy atom. The summed E-state index contributed by atoms with van der Waals surface area (Å²) in [6, 6.07) is 7.40. The molecule has 0 bridgehead atoms. The molecule has 0 fully saturated rings. The maximum atomic E-state index is 12.0. The highest BCUT2D eigenvalue weighted by atomic mass is 35.5. The van der Waals surface area contributed by atoms with E-state index in [1.54, 1.807) is 31.0 Å². The van der Waals surface area contributed by atoms with Crippen molar-refractivity contribution in [2.45, 2.75) is 30.1 Å². The quantitative estimate of drug-likeness (QED) is 0.847. The van der Waals surface area contributed by atoms with Crippen LogP contribution in [0.25, 0.3) is 0 Å². The van der Waals surface area contributed by atoms with Crippen LogP contribution in [-0.4, -0.2) is 40.9 Å². The Morgan fingerprint density at radius 2 is 1.94 bits per heavy atom. The number of benzene rings is 1. The van der Waals surface area contributed by atoms with Gasteiger partial charge in [0.15, 0.2) is 0 Å². The number of aliphatic hydroxyl groups is 1. The number of nitrogens with zero attached hydrogens (tertiary/aromatic N) is 1. The molecule has 0 aromatic heterocycles. The number of aliphatic hydroxyl groups excluding tert-OH is 1. The number of carbonyl (C=O) groups is 1. The largest absolute Gasteiger partial charge is 0.392 e. The number of halogens is 1. The second-order valence-corrected chi connectivity index (χ2v) is 6.13. The molecule has 3 nitrogen and oxygen atoms in total.